The third kappa shape index (κ3) is 4.17. The molecule has 0 unspecified atom stereocenters. The molecule has 0 radical (unpaired) electrons. The third-order valence-corrected chi connectivity index (χ3v) is 4.59. The molecule has 0 aliphatic heterocycles. The predicted octanol–water partition coefficient (Wildman–Crippen LogP) is 0.0529. The smallest absolute Gasteiger partial charge is 0.254 e. The van der Waals surface area contributed by atoms with Gasteiger partial charge in [-0.25, -0.2) is 12.7 Å². The summed E-state index contributed by atoms with van der Waals surface area (Å²) < 4.78 is 24.3. The molecule has 0 aliphatic rings. The Labute approximate surface area is 119 Å². The summed E-state index contributed by atoms with van der Waals surface area (Å²) in [5.41, 5.74) is 1.84. The Bertz CT molecular complexity index is 584. The minimum atomic E-state index is -3.31. The Balaban J connectivity index is 2.69. The van der Waals surface area contributed by atoms with Crippen molar-refractivity contribution in [2.45, 2.75) is 6.92 Å². The van der Waals surface area contributed by atoms with Crippen LogP contribution < -0.4 is 10.6 Å². The number of hydrogen-bond acceptors (Lipinski definition) is 5. The first-order chi connectivity index (χ1) is 9.27. The highest BCUT2D eigenvalue weighted by molar-refractivity contribution is 7.89. The van der Waals surface area contributed by atoms with Gasteiger partial charge in [0, 0.05) is 39.6 Å². The van der Waals surface area contributed by atoms with Crippen molar-refractivity contribution in [3.8, 4) is 0 Å². The number of nitrogens with zero attached hydrogens (tertiary/aromatic N) is 2. The molecule has 1 aromatic rings. The second-order valence-electron chi connectivity index (χ2n) is 4.48. The van der Waals surface area contributed by atoms with Gasteiger partial charge in [-0.2, -0.15) is 0 Å². The van der Waals surface area contributed by atoms with Crippen molar-refractivity contribution in [3.63, 3.8) is 0 Å². The molecule has 1 amide bonds. The molecule has 0 bridgehead atoms. The average molecular weight is 300 g/mol. The first-order valence-corrected chi connectivity index (χ1v) is 7.71. The Morgan fingerprint density at radius 3 is 2.60 bits per heavy atom. The van der Waals surface area contributed by atoms with E-state index >= 15 is 0 Å². The van der Waals surface area contributed by atoms with E-state index in [-0.39, 0.29) is 18.2 Å². The number of sulfonamides is 1. The third-order valence-electron chi connectivity index (χ3n) is 2.76. The van der Waals surface area contributed by atoms with E-state index in [0.29, 0.717) is 11.3 Å². The highest BCUT2D eigenvalue weighted by atomic mass is 32.2. The minimum absolute atomic E-state index is 0.0520. The number of amides is 1. The van der Waals surface area contributed by atoms with Gasteiger partial charge in [0.15, 0.2) is 0 Å². The molecule has 1 heterocycles. The van der Waals surface area contributed by atoms with Crippen LogP contribution in [0.2, 0.25) is 0 Å². The summed E-state index contributed by atoms with van der Waals surface area (Å²) in [6, 6.07) is 1.76. The fourth-order valence-corrected chi connectivity index (χ4v) is 2.24. The fraction of sp³-hybridized carbons (Fsp3) is 0.500. The maximum atomic E-state index is 12.0. The van der Waals surface area contributed by atoms with Gasteiger partial charge in [-0.15, -0.1) is 0 Å². The average Bonchev–Trinajstić information content (AvgIpc) is 2.37. The maximum Gasteiger partial charge on any atom is 0.254 e. The molecule has 0 spiro atoms. The van der Waals surface area contributed by atoms with Crippen LogP contribution in [0.5, 0.6) is 0 Å². The summed E-state index contributed by atoms with van der Waals surface area (Å²) in [6.07, 6.45) is 1.47. The van der Waals surface area contributed by atoms with Crippen LogP contribution in [-0.4, -0.2) is 57.1 Å². The molecule has 7 nitrogen and oxygen atoms in total. The van der Waals surface area contributed by atoms with Gasteiger partial charge in [0.2, 0.25) is 10.0 Å². The summed E-state index contributed by atoms with van der Waals surface area (Å²) in [6.45, 7) is 1.88. The van der Waals surface area contributed by atoms with Crippen LogP contribution in [-0.2, 0) is 10.0 Å². The summed E-state index contributed by atoms with van der Waals surface area (Å²) in [4.78, 5) is 16.1. The van der Waals surface area contributed by atoms with Crippen molar-refractivity contribution in [1.29, 1.82) is 0 Å². The lowest BCUT2D eigenvalue weighted by molar-refractivity contribution is 0.0956. The van der Waals surface area contributed by atoms with E-state index < -0.39 is 10.0 Å². The molecule has 0 aliphatic carbocycles. The van der Waals surface area contributed by atoms with Crippen molar-refractivity contribution in [2.75, 3.05) is 38.8 Å². The van der Waals surface area contributed by atoms with Gasteiger partial charge in [0.25, 0.3) is 5.91 Å². The Morgan fingerprint density at radius 2 is 2.05 bits per heavy atom. The normalized spacial score (nSPS) is 11.4. The molecular formula is C12H20N4O3S. The molecule has 20 heavy (non-hydrogen) atoms. The van der Waals surface area contributed by atoms with Gasteiger partial charge in [0.1, 0.15) is 0 Å². The maximum absolute atomic E-state index is 12.0. The number of nitrogens with one attached hydrogen (secondary N) is 2. The Hall–Kier alpha value is -1.67. The van der Waals surface area contributed by atoms with E-state index in [1.165, 1.54) is 20.3 Å². The highest BCUT2D eigenvalue weighted by Gasteiger charge is 2.15. The monoisotopic (exact) mass is 300 g/mol. The minimum Gasteiger partial charge on any atom is -0.387 e. The predicted molar refractivity (Wildman–Crippen MR) is 78.3 cm³/mol. The van der Waals surface area contributed by atoms with Crippen LogP contribution in [0.15, 0.2) is 12.3 Å². The zero-order valence-corrected chi connectivity index (χ0v) is 12.9. The van der Waals surface area contributed by atoms with Crippen LogP contribution in [0.25, 0.3) is 0 Å². The number of pyridine rings is 1. The largest absolute Gasteiger partial charge is 0.387 e. The van der Waals surface area contributed by atoms with E-state index in [4.69, 9.17) is 0 Å². The SMILES string of the molecule is CNc1cc(C)ncc1C(=O)NCCS(=O)(=O)N(C)C. The molecule has 112 valence electrons. The van der Waals surface area contributed by atoms with Gasteiger partial charge in [-0.05, 0) is 13.0 Å². The second kappa shape index (κ2) is 6.67. The van der Waals surface area contributed by atoms with Gasteiger partial charge in [0.05, 0.1) is 17.0 Å². The van der Waals surface area contributed by atoms with E-state index in [1.54, 1.807) is 13.1 Å². The summed E-state index contributed by atoms with van der Waals surface area (Å²) in [7, 11) is 1.32. The van der Waals surface area contributed by atoms with E-state index in [2.05, 4.69) is 15.6 Å². The lowest BCUT2D eigenvalue weighted by atomic mass is 10.2. The number of carbonyl (C=O) groups is 1. The van der Waals surface area contributed by atoms with Crippen LogP contribution in [0, 0.1) is 6.92 Å². The van der Waals surface area contributed by atoms with Crippen LogP contribution in [0.1, 0.15) is 16.1 Å². The van der Waals surface area contributed by atoms with Crippen LogP contribution in [0.3, 0.4) is 0 Å². The highest BCUT2D eigenvalue weighted by Crippen LogP contribution is 2.14. The van der Waals surface area contributed by atoms with Crippen molar-refractivity contribution in [1.82, 2.24) is 14.6 Å². The molecule has 2 N–H and O–H groups in total. The fourth-order valence-electron chi connectivity index (χ4n) is 1.52. The topological polar surface area (TPSA) is 91.4 Å². The standard InChI is InChI=1S/C12H20N4O3S/c1-9-7-11(13-2)10(8-15-9)12(17)14-5-6-20(18,19)16(3)4/h7-8H,5-6H2,1-4H3,(H,13,15)(H,14,17). The first kappa shape index (κ1) is 16.4. The van der Waals surface area contributed by atoms with Gasteiger partial charge >= 0.3 is 0 Å². The molecule has 1 rings (SSSR count). The van der Waals surface area contributed by atoms with E-state index in [9.17, 15) is 13.2 Å². The number of aromatic nitrogens is 1. The van der Waals surface area contributed by atoms with Crippen molar-refractivity contribution < 1.29 is 13.2 Å². The summed E-state index contributed by atoms with van der Waals surface area (Å²) in [5, 5.41) is 5.49. The molecular weight excluding hydrogens is 280 g/mol. The molecule has 0 saturated carbocycles. The van der Waals surface area contributed by atoms with Crippen LogP contribution >= 0.6 is 0 Å². The number of anilines is 1. The van der Waals surface area contributed by atoms with Crippen LogP contribution in [0.4, 0.5) is 5.69 Å². The number of rotatable bonds is 6. The number of aryl methyl sites for hydroxylation is 1. The molecule has 0 fully saturated rings. The quantitative estimate of drug-likeness (QED) is 0.775. The summed E-state index contributed by atoms with van der Waals surface area (Å²) in [5.74, 6) is -0.490. The molecule has 1 aromatic heterocycles. The van der Waals surface area contributed by atoms with Crippen molar-refractivity contribution >= 4 is 21.6 Å². The van der Waals surface area contributed by atoms with E-state index in [1.807, 2.05) is 6.92 Å². The summed E-state index contributed by atoms with van der Waals surface area (Å²) >= 11 is 0. The van der Waals surface area contributed by atoms with Crippen molar-refractivity contribution in [3.05, 3.63) is 23.5 Å². The Kier molecular flexibility index (Phi) is 5.46. The number of hydrogen-bond donors (Lipinski definition) is 2. The second-order valence-corrected chi connectivity index (χ2v) is 6.78. The molecule has 0 atom stereocenters. The van der Waals surface area contributed by atoms with Gasteiger partial charge < -0.3 is 10.6 Å². The zero-order valence-electron chi connectivity index (χ0n) is 12.1. The first-order valence-electron chi connectivity index (χ1n) is 6.10. The van der Waals surface area contributed by atoms with Crippen molar-refractivity contribution in [2.24, 2.45) is 0 Å². The van der Waals surface area contributed by atoms with Gasteiger partial charge in [-0.1, -0.05) is 0 Å². The molecule has 0 saturated heterocycles. The zero-order chi connectivity index (χ0) is 15.3. The Morgan fingerprint density at radius 1 is 1.40 bits per heavy atom. The number of carbonyl (C=O) groups excluding carboxylic acids is 1. The lowest BCUT2D eigenvalue weighted by Gasteiger charge is -2.13. The van der Waals surface area contributed by atoms with E-state index in [0.717, 1.165) is 10.00 Å². The van der Waals surface area contributed by atoms with Gasteiger partial charge in [-0.3, -0.25) is 9.78 Å². The molecule has 0 aromatic carbocycles. The molecule has 8 heteroatoms. The lowest BCUT2D eigenvalue weighted by Crippen LogP contribution is -2.34.